The smallest absolute Gasteiger partial charge is 0.166 e. The van der Waals surface area contributed by atoms with Crippen LogP contribution in [0.4, 0.5) is 4.39 Å². The second kappa shape index (κ2) is 4.75. The van der Waals surface area contributed by atoms with Crippen molar-refractivity contribution in [1.82, 2.24) is 0 Å². The van der Waals surface area contributed by atoms with Crippen LogP contribution in [-0.2, 0) is 0 Å². The Labute approximate surface area is 91.1 Å². The van der Waals surface area contributed by atoms with Crippen LogP contribution < -0.4 is 5.73 Å². The first-order chi connectivity index (χ1) is 6.56. The summed E-state index contributed by atoms with van der Waals surface area (Å²) >= 11 is 3.16. The number of hydrogen-bond donors (Lipinski definition) is 2. The number of hydrogen-bond acceptors (Lipinski definition) is 2. The summed E-state index contributed by atoms with van der Waals surface area (Å²) < 4.78 is 13.7. The van der Waals surface area contributed by atoms with E-state index in [0.717, 1.165) is 12.8 Å². The molecule has 4 heteroatoms. The van der Waals surface area contributed by atoms with Gasteiger partial charge in [0.15, 0.2) is 11.6 Å². The van der Waals surface area contributed by atoms with Gasteiger partial charge in [0.2, 0.25) is 0 Å². The first-order valence-electron chi connectivity index (χ1n) is 4.49. The molecular formula is C10H13BrFNO. The molecule has 0 aliphatic rings. The highest BCUT2D eigenvalue weighted by molar-refractivity contribution is 9.10. The van der Waals surface area contributed by atoms with E-state index in [0.29, 0.717) is 10.0 Å². The molecule has 0 radical (unpaired) electrons. The number of benzene rings is 1. The van der Waals surface area contributed by atoms with E-state index >= 15 is 0 Å². The zero-order valence-electron chi connectivity index (χ0n) is 7.93. The van der Waals surface area contributed by atoms with Crippen LogP contribution in [0.3, 0.4) is 0 Å². The highest BCUT2D eigenvalue weighted by Gasteiger charge is 2.14. The molecule has 78 valence electrons. The fourth-order valence-electron chi connectivity index (χ4n) is 1.34. The number of phenols is 1. The molecule has 0 amide bonds. The first-order valence-corrected chi connectivity index (χ1v) is 5.29. The molecule has 0 heterocycles. The Kier molecular flexibility index (Phi) is 3.89. The van der Waals surface area contributed by atoms with Crippen molar-refractivity contribution in [2.75, 3.05) is 0 Å². The molecular weight excluding hydrogens is 249 g/mol. The van der Waals surface area contributed by atoms with E-state index in [1.54, 1.807) is 6.07 Å². The molecule has 1 rings (SSSR count). The maximum atomic E-state index is 13.1. The minimum atomic E-state index is -0.638. The fourth-order valence-corrected chi connectivity index (χ4v) is 1.78. The van der Waals surface area contributed by atoms with Crippen molar-refractivity contribution in [3.8, 4) is 5.75 Å². The van der Waals surface area contributed by atoms with Gasteiger partial charge in [-0.05, 0) is 18.6 Å². The van der Waals surface area contributed by atoms with E-state index in [9.17, 15) is 9.50 Å². The van der Waals surface area contributed by atoms with Gasteiger partial charge in [-0.2, -0.15) is 0 Å². The van der Waals surface area contributed by atoms with Crippen LogP contribution in [-0.4, -0.2) is 5.11 Å². The molecule has 0 aromatic heterocycles. The summed E-state index contributed by atoms with van der Waals surface area (Å²) in [6, 6.07) is 2.56. The molecule has 0 bridgehead atoms. The molecule has 1 aromatic rings. The highest BCUT2D eigenvalue weighted by Crippen LogP contribution is 2.31. The monoisotopic (exact) mass is 261 g/mol. The minimum absolute atomic E-state index is 0.313. The first kappa shape index (κ1) is 11.5. The van der Waals surface area contributed by atoms with E-state index in [4.69, 9.17) is 5.73 Å². The van der Waals surface area contributed by atoms with Gasteiger partial charge in [-0.3, -0.25) is 0 Å². The zero-order valence-corrected chi connectivity index (χ0v) is 9.51. The molecule has 1 aromatic carbocycles. The summed E-state index contributed by atoms with van der Waals surface area (Å²) in [4.78, 5) is 0. The van der Waals surface area contributed by atoms with Crippen LogP contribution in [0.1, 0.15) is 31.4 Å². The summed E-state index contributed by atoms with van der Waals surface area (Å²) in [5.41, 5.74) is 6.25. The molecule has 3 N–H and O–H groups in total. The van der Waals surface area contributed by atoms with Crippen molar-refractivity contribution in [2.45, 2.75) is 25.8 Å². The van der Waals surface area contributed by atoms with Gasteiger partial charge in [-0.15, -0.1) is 0 Å². The third-order valence-corrected chi connectivity index (χ3v) is 2.51. The number of rotatable bonds is 3. The Balaban J connectivity index is 3.07. The SMILES string of the molecule is CCC[C@@H](N)c1cc(Br)cc(F)c1O. The Bertz CT molecular complexity index is 330. The third-order valence-electron chi connectivity index (χ3n) is 2.06. The quantitative estimate of drug-likeness (QED) is 0.879. The standard InChI is InChI=1S/C10H13BrFNO/c1-2-3-9(13)7-4-6(11)5-8(12)10(7)14/h4-5,9,14H,2-3,13H2,1H3/t9-/m1/s1. The molecule has 1 atom stereocenters. The Morgan fingerprint density at radius 2 is 2.21 bits per heavy atom. The zero-order chi connectivity index (χ0) is 10.7. The van der Waals surface area contributed by atoms with Crippen molar-refractivity contribution in [3.63, 3.8) is 0 Å². The van der Waals surface area contributed by atoms with Crippen LogP contribution in [0.15, 0.2) is 16.6 Å². The van der Waals surface area contributed by atoms with Gasteiger partial charge in [0, 0.05) is 16.1 Å². The molecule has 0 saturated heterocycles. The van der Waals surface area contributed by atoms with Crippen molar-refractivity contribution in [2.24, 2.45) is 5.73 Å². The van der Waals surface area contributed by atoms with Crippen LogP contribution in [0.25, 0.3) is 0 Å². The Hall–Kier alpha value is -0.610. The summed E-state index contributed by atoms with van der Waals surface area (Å²) in [5.74, 6) is -0.977. The van der Waals surface area contributed by atoms with Crippen molar-refractivity contribution < 1.29 is 9.50 Å². The topological polar surface area (TPSA) is 46.2 Å². The van der Waals surface area contributed by atoms with Crippen LogP contribution in [0.2, 0.25) is 0 Å². The number of halogens is 2. The fraction of sp³-hybridized carbons (Fsp3) is 0.400. The van der Waals surface area contributed by atoms with E-state index in [-0.39, 0.29) is 11.8 Å². The summed E-state index contributed by atoms with van der Waals surface area (Å²) in [7, 11) is 0. The van der Waals surface area contributed by atoms with Crippen LogP contribution >= 0.6 is 15.9 Å². The van der Waals surface area contributed by atoms with E-state index in [2.05, 4.69) is 15.9 Å². The lowest BCUT2D eigenvalue weighted by molar-refractivity contribution is 0.418. The summed E-state index contributed by atoms with van der Waals surface area (Å²) in [6.07, 6.45) is 1.62. The van der Waals surface area contributed by atoms with E-state index in [1.807, 2.05) is 6.92 Å². The molecule has 0 spiro atoms. The largest absolute Gasteiger partial charge is 0.505 e. The van der Waals surface area contributed by atoms with Gasteiger partial charge in [0.1, 0.15) is 0 Å². The minimum Gasteiger partial charge on any atom is -0.505 e. The molecule has 14 heavy (non-hydrogen) atoms. The van der Waals surface area contributed by atoms with Crippen molar-refractivity contribution in [3.05, 3.63) is 28.0 Å². The van der Waals surface area contributed by atoms with Gasteiger partial charge < -0.3 is 10.8 Å². The normalized spacial score (nSPS) is 12.9. The average Bonchev–Trinajstić information content (AvgIpc) is 2.11. The van der Waals surface area contributed by atoms with Gasteiger partial charge in [-0.25, -0.2) is 4.39 Å². The molecule has 0 fully saturated rings. The highest BCUT2D eigenvalue weighted by atomic mass is 79.9. The average molecular weight is 262 g/mol. The Morgan fingerprint density at radius 1 is 1.57 bits per heavy atom. The third kappa shape index (κ3) is 2.45. The lowest BCUT2D eigenvalue weighted by Gasteiger charge is -2.13. The van der Waals surface area contributed by atoms with Crippen molar-refractivity contribution >= 4 is 15.9 Å². The predicted molar refractivity (Wildman–Crippen MR) is 57.6 cm³/mol. The van der Waals surface area contributed by atoms with Crippen LogP contribution in [0, 0.1) is 5.82 Å². The van der Waals surface area contributed by atoms with Gasteiger partial charge >= 0.3 is 0 Å². The summed E-state index contributed by atoms with van der Waals surface area (Å²) in [5, 5.41) is 9.44. The maximum Gasteiger partial charge on any atom is 0.166 e. The van der Waals surface area contributed by atoms with E-state index < -0.39 is 5.82 Å². The molecule has 0 aliphatic carbocycles. The molecule has 0 saturated carbocycles. The molecule has 0 unspecified atom stereocenters. The maximum absolute atomic E-state index is 13.1. The number of nitrogens with two attached hydrogens (primary N) is 1. The molecule has 2 nitrogen and oxygen atoms in total. The predicted octanol–water partition coefficient (Wildman–Crippen LogP) is 3.09. The molecule has 0 aliphatic heterocycles. The summed E-state index contributed by atoms with van der Waals surface area (Å²) in [6.45, 7) is 1.99. The van der Waals surface area contributed by atoms with E-state index in [1.165, 1.54) is 6.07 Å². The van der Waals surface area contributed by atoms with Crippen LogP contribution in [0.5, 0.6) is 5.75 Å². The lowest BCUT2D eigenvalue weighted by Crippen LogP contribution is -2.10. The van der Waals surface area contributed by atoms with Gasteiger partial charge in [-0.1, -0.05) is 29.3 Å². The second-order valence-corrected chi connectivity index (χ2v) is 4.14. The Morgan fingerprint density at radius 3 is 2.79 bits per heavy atom. The number of aromatic hydroxyl groups is 1. The van der Waals surface area contributed by atoms with Gasteiger partial charge in [0.25, 0.3) is 0 Å². The lowest BCUT2D eigenvalue weighted by atomic mass is 10.0. The number of phenolic OH excluding ortho intramolecular Hbond substituents is 1. The van der Waals surface area contributed by atoms with Crippen molar-refractivity contribution in [1.29, 1.82) is 0 Å². The van der Waals surface area contributed by atoms with Gasteiger partial charge in [0.05, 0.1) is 0 Å². The second-order valence-electron chi connectivity index (χ2n) is 3.22.